The fourth-order valence-corrected chi connectivity index (χ4v) is 3.20. The van der Waals surface area contributed by atoms with Crippen molar-refractivity contribution in [2.24, 2.45) is 5.92 Å². The number of carbonyl (C=O) groups excluding carboxylic acids is 1. The Morgan fingerprint density at radius 2 is 2.29 bits per heavy atom. The van der Waals surface area contributed by atoms with Gasteiger partial charge in [-0.25, -0.2) is 0 Å². The number of aromatic nitrogens is 1. The van der Waals surface area contributed by atoms with Gasteiger partial charge in [0.15, 0.2) is 0 Å². The van der Waals surface area contributed by atoms with Gasteiger partial charge in [0.25, 0.3) is 5.91 Å². The molecule has 1 saturated carbocycles. The van der Waals surface area contributed by atoms with E-state index in [4.69, 9.17) is 4.74 Å². The molecule has 1 unspecified atom stereocenters. The summed E-state index contributed by atoms with van der Waals surface area (Å²) in [4.78, 5) is 14.9. The first-order valence-corrected chi connectivity index (χ1v) is 8.53. The lowest BCUT2D eigenvalue weighted by Crippen LogP contribution is -2.42. The quantitative estimate of drug-likeness (QED) is 0.713. The monoisotopic (exact) mass is 356 g/mol. The van der Waals surface area contributed by atoms with Gasteiger partial charge in [0, 0.05) is 36.9 Å². The number of rotatable bonds is 8. The van der Waals surface area contributed by atoms with Crippen molar-refractivity contribution < 1.29 is 9.53 Å². The summed E-state index contributed by atoms with van der Waals surface area (Å²) < 4.78 is 8.19. The maximum absolute atomic E-state index is 13.0. The van der Waals surface area contributed by atoms with Crippen LogP contribution in [0.3, 0.4) is 0 Å². The van der Waals surface area contributed by atoms with Gasteiger partial charge in [0.05, 0.1) is 6.61 Å². The maximum atomic E-state index is 13.0. The minimum absolute atomic E-state index is 0.116. The lowest BCUT2D eigenvalue weighted by Gasteiger charge is -2.29. The molecule has 0 N–H and O–H groups in total. The van der Waals surface area contributed by atoms with Crippen molar-refractivity contribution in [2.75, 3.05) is 20.3 Å². The molecule has 1 atom stereocenters. The van der Waals surface area contributed by atoms with E-state index < -0.39 is 0 Å². The molecule has 1 aliphatic carbocycles. The Morgan fingerprint density at radius 1 is 1.57 bits per heavy atom. The number of hydrogen-bond acceptors (Lipinski definition) is 2. The van der Waals surface area contributed by atoms with Crippen LogP contribution in [0.15, 0.2) is 16.7 Å². The lowest BCUT2D eigenvalue weighted by molar-refractivity contribution is 0.0584. The summed E-state index contributed by atoms with van der Waals surface area (Å²) >= 11 is 3.49. The molecular formula is C16H25BrN2O2. The van der Waals surface area contributed by atoms with Crippen molar-refractivity contribution in [1.82, 2.24) is 9.47 Å². The van der Waals surface area contributed by atoms with E-state index in [0.29, 0.717) is 19.1 Å². The summed E-state index contributed by atoms with van der Waals surface area (Å²) in [5, 5.41) is 0. The van der Waals surface area contributed by atoms with Crippen molar-refractivity contribution in [3.05, 3.63) is 22.4 Å². The smallest absolute Gasteiger partial charge is 0.270 e. The normalized spacial score (nSPS) is 16.0. The zero-order chi connectivity index (χ0) is 15.4. The minimum Gasteiger partial charge on any atom is -0.383 e. The van der Waals surface area contributed by atoms with Gasteiger partial charge in [-0.2, -0.15) is 0 Å². The Kier molecular flexibility index (Phi) is 5.88. The van der Waals surface area contributed by atoms with Crippen molar-refractivity contribution in [1.29, 1.82) is 0 Å². The number of aryl methyl sites for hydroxylation is 1. The van der Waals surface area contributed by atoms with Crippen LogP contribution in [0.2, 0.25) is 0 Å². The molecule has 1 aromatic heterocycles. The Hall–Kier alpha value is -0.810. The summed E-state index contributed by atoms with van der Waals surface area (Å²) in [6.07, 6.45) is 5.47. The molecule has 5 heteroatoms. The second-order valence-electron chi connectivity index (χ2n) is 5.81. The molecule has 1 fully saturated rings. The van der Waals surface area contributed by atoms with Crippen LogP contribution in [-0.2, 0) is 11.3 Å². The fourth-order valence-electron chi connectivity index (χ4n) is 2.74. The number of hydrogen-bond donors (Lipinski definition) is 0. The number of amides is 1. The van der Waals surface area contributed by atoms with E-state index in [0.717, 1.165) is 23.1 Å². The molecule has 2 rings (SSSR count). The Balaban J connectivity index is 2.19. The zero-order valence-corrected chi connectivity index (χ0v) is 14.7. The topological polar surface area (TPSA) is 34.5 Å². The first-order chi connectivity index (χ1) is 10.1. The highest BCUT2D eigenvalue weighted by Gasteiger charge is 2.35. The minimum atomic E-state index is 0.116. The number of methoxy groups -OCH3 is 1. The summed E-state index contributed by atoms with van der Waals surface area (Å²) in [5.74, 6) is 0.773. The molecule has 1 heterocycles. The molecule has 1 aromatic rings. The number of nitrogens with zero attached hydrogens (tertiary/aromatic N) is 2. The molecule has 4 nitrogen and oxygen atoms in total. The van der Waals surface area contributed by atoms with Gasteiger partial charge in [0.1, 0.15) is 5.69 Å². The van der Waals surface area contributed by atoms with E-state index in [2.05, 4.69) is 29.8 Å². The molecule has 0 aromatic carbocycles. The van der Waals surface area contributed by atoms with Gasteiger partial charge >= 0.3 is 0 Å². The highest BCUT2D eigenvalue weighted by Crippen LogP contribution is 2.35. The van der Waals surface area contributed by atoms with Crippen molar-refractivity contribution in [3.63, 3.8) is 0 Å². The van der Waals surface area contributed by atoms with Crippen LogP contribution < -0.4 is 0 Å². The van der Waals surface area contributed by atoms with Crippen LogP contribution in [0.5, 0.6) is 0 Å². The van der Waals surface area contributed by atoms with Gasteiger partial charge in [-0.3, -0.25) is 4.79 Å². The van der Waals surface area contributed by atoms with Gasteiger partial charge < -0.3 is 14.2 Å². The van der Waals surface area contributed by atoms with E-state index in [-0.39, 0.29) is 11.9 Å². The van der Waals surface area contributed by atoms with Crippen LogP contribution in [0, 0.1) is 5.92 Å². The Bertz CT molecular complexity index is 483. The highest BCUT2D eigenvalue weighted by molar-refractivity contribution is 9.10. The van der Waals surface area contributed by atoms with Gasteiger partial charge in [-0.05, 0) is 54.1 Å². The van der Waals surface area contributed by atoms with E-state index in [9.17, 15) is 4.79 Å². The second-order valence-corrected chi connectivity index (χ2v) is 6.72. The van der Waals surface area contributed by atoms with Crippen molar-refractivity contribution in [2.45, 2.75) is 45.7 Å². The molecular weight excluding hydrogens is 332 g/mol. The van der Waals surface area contributed by atoms with Gasteiger partial charge in [-0.1, -0.05) is 6.92 Å². The van der Waals surface area contributed by atoms with E-state index in [1.54, 1.807) is 7.11 Å². The summed E-state index contributed by atoms with van der Waals surface area (Å²) in [6, 6.07) is 2.22. The molecule has 0 radical (unpaired) electrons. The highest BCUT2D eigenvalue weighted by atomic mass is 79.9. The Morgan fingerprint density at radius 3 is 2.86 bits per heavy atom. The van der Waals surface area contributed by atoms with E-state index in [1.807, 2.05) is 21.7 Å². The maximum Gasteiger partial charge on any atom is 0.270 e. The average Bonchev–Trinajstić information content (AvgIpc) is 3.23. The second kappa shape index (κ2) is 7.45. The fraction of sp³-hybridized carbons (Fsp3) is 0.688. The average molecular weight is 357 g/mol. The summed E-state index contributed by atoms with van der Waals surface area (Å²) in [7, 11) is 1.68. The molecule has 1 aliphatic rings. The zero-order valence-electron chi connectivity index (χ0n) is 13.1. The molecule has 0 saturated heterocycles. The van der Waals surface area contributed by atoms with Crippen LogP contribution >= 0.6 is 15.9 Å². The van der Waals surface area contributed by atoms with E-state index >= 15 is 0 Å². The first-order valence-electron chi connectivity index (χ1n) is 7.74. The molecule has 0 bridgehead atoms. The summed E-state index contributed by atoms with van der Waals surface area (Å²) in [6.45, 7) is 6.38. The molecule has 118 valence electrons. The standard InChI is InChI=1S/C16H25BrN2O2/c1-4-7-18-11-14(17)10-15(18)16(20)19(8-9-21-3)12(2)13-5-6-13/h10-13H,4-9H2,1-3H3. The van der Waals surface area contributed by atoms with Crippen molar-refractivity contribution >= 4 is 21.8 Å². The molecule has 0 spiro atoms. The molecule has 0 aliphatic heterocycles. The molecule has 21 heavy (non-hydrogen) atoms. The van der Waals surface area contributed by atoms with Gasteiger partial charge in [0.2, 0.25) is 0 Å². The predicted molar refractivity (Wildman–Crippen MR) is 87.5 cm³/mol. The number of carbonyl (C=O) groups is 1. The lowest BCUT2D eigenvalue weighted by atomic mass is 10.1. The third-order valence-corrected chi connectivity index (χ3v) is 4.57. The SMILES string of the molecule is CCCn1cc(Br)cc1C(=O)N(CCOC)C(C)C1CC1. The largest absolute Gasteiger partial charge is 0.383 e. The van der Waals surface area contributed by atoms with Crippen LogP contribution in [0.4, 0.5) is 0 Å². The van der Waals surface area contributed by atoms with E-state index in [1.165, 1.54) is 12.8 Å². The first kappa shape index (κ1) is 16.6. The van der Waals surface area contributed by atoms with Crippen LogP contribution in [0.1, 0.15) is 43.6 Å². The van der Waals surface area contributed by atoms with Gasteiger partial charge in [-0.15, -0.1) is 0 Å². The van der Waals surface area contributed by atoms with Crippen molar-refractivity contribution in [3.8, 4) is 0 Å². The Labute approximate surface area is 135 Å². The number of halogens is 1. The third kappa shape index (κ3) is 4.10. The predicted octanol–water partition coefficient (Wildman–Crippen LogP) is 3.55. The summed E-state index contributed by atoms with van der Waals surface area (Å²) in [5.41, 5.74) is 0.771. The number of ether oxygens (including phenoxy) is 1. The van der Waals surface area contributed by atoms with Crippen LogP contribution in [-0.4, -0.2) is 41.7 Å². The van der Waals surface area contributed by atoms with Crippen LogP contribution in [0.25, 0.3) is 0 Å². The molecule has 1 amide bonds. The third-order valence-electron chi connectivity index (χ3n) is 4.14.